The molecule has 0 bridgehead atoms. The molecule has 0 radical (unpaired) electrons. The molecule has 0 saturated carbocycles. The summed E-state index contributed by atoms with van der Waals surface area (Å²) in [6.45, 7) is 4.58. The summed E-state index contributed by atoms with van der Waals surface area (Å²) >= 11 is 1.43. The summed E-state index contributed by atoms with van der Waals surface area (Å²) in [7, 11) is 0. The molecule has 1 aliphatic heterocycles. The van der Waals surface area contributed by atoms with Crippen molar-refractivity contribution in [2.75, 3.05) is 41.3 Å². The summed E-state index contributed by atoms with van der Waals surface area (Å²) in [5.74, 6) is 1.35. The van der Waals surface area contributed by atoms with Crippen molar-refractivity contribution in [3.8, 4) is 0 Å². The number of fused-ring (bicyclic) bond motifs is 1. The van der Waals surface area contributed by atoms with Gasteiger partial charge in [0.05, 0.1) is 15.1 Å². The second-order valence-corrected chi connectivity index (χ2v) is 8.46. The average molecular weight is 449 g/mol. The monoisotopic (exact) mass is 448 g/mol. The van der Waals surface area contributed by atoms with Crippen LogP contribution in [0.4, 0.5) is 28.3 Å². The van der Waals surface area contributed by atoms with Crippen LogP contribution < -0.4 is 15.1 Å². The first-order valence-electron chi connectivity index (χ1n) is 10.1. The van der Waals surface area contributed by atoms with E-state index >= 15 is 0 Å². The molecule has 11 heteroatoms. The first-order valence-corrected chi connectivity index (χ1v) is 10.9. The molecule has 162 valence electrons. The highest BCUT2D eigenvalue weighted by Gasteiger charge is 2.30. The zero-order valence-electron chi connectivity index (χ0n) is 17.3. The molecule has 0 amide bonds. The van der Waals surface area contributed by atoms with Crippen LogP contribution in [0.1, 0.15) is 5.56 Å². The Balaban J connectivity index is 1.40. The van der Waals surface area contributed by atoms with E-state index in [2.05, 4.69) is 30.2 Å². The molecule has 32 heavy (non-hydrogen) atoms. The standard InChI is InChI=1S/C21H20N8O2S/c1-14-5-6-15-16(12-14)32-21(25-15)26-19-18(29(30)31)20(24-13-23-19)28-10-8-27(9-11-28)17-4-2-3-7-22-17/h2-7,12-13H,8-11H2,1H3,(H,23,24,25,26). The summed E-state index contributed by atoms with van der Waals surface area (Å²) in [6, 6.07) is 11.8. The molecule has 1 N–H and O–H groups in total. The van der Waals surface area contributed by atoms with Crippen LogP contribution in [0, 0.1) is 17.0 Å². The molecule has 0 aliphatic carbocycles. The second-order valence-electron chi connectivity index (χ2n) is 7.43. The Morgan fingerprint density at radius 3 is 2.62 bits per heavy atom. The van der Waals surface area contributed by atoms with Gasteiger partial charge >= 0.3 is 5.69 Å². The third kappa shape index (κ3) is 3.89. The van der Waals surface area contributed by atoms with Crippen molar-refractivity contribution < 1.29 is 4.92 Å². The van der Waals surface area contributed by atoms with Crippen LogP contribution in [-0.4, -0.2) is 51.0 Å². The molecule has 4 aromatic rings. The second kappa shape index (κ2) is 8.35. The van der Waals surface area contributed by atoms with E-state index in [9.17, 15) is 10.1 Å². The quantitative estimate of drug-likeness (QED) is 0.360. The van der Waals surface area contributed by atoms with Gasteiger partial charge in [-0.3, -0.25) is 10.1 Å². The number of anilines is 4. The van der Waals surface area contributed by atoms with Gasteiger partial charge in [0.25, 0.3) is 0 Å². The van der Waals surface area contributed by atoms with Crippen molar-refractivity contribution in [1.29, 1.82) is 0 Å². The first kappa shape index (κ1) is 20.1. The number of hydrogen-bond acceptors (Lipinski definition) is 10. The van der Waals surface area contributed by atoms with Gasteiger partial charge in [-0.1, -0.05) is 23.5 Å². The van der Waals surface area contributed by atoms with Gasteiger partial charge in [-0.05, 0) is 36.8 Å². The third-order valence-corrected chi connectivity index (χ3v) is 6.24. The van der Waals surface area contributed by atoms with Crippen molar-refractivity contribution in [2.24, 2.45) is 0 Å². The van der Waals surface area contributed by atoms with Crippen LogP contribution in [-0.2, 0) is 0 Å². The molecule has 4 heterocycles. The fourth-order valence-corrected chi connectivity index (χ4v) is 4.70. The van der Waals surface area contributed by atoms with Crippen molar-refractivity contribution in [1.82, 2.24) is 19.9 Å². The number of rotatable bonds is 5. The molecule has 0 unspecified atom stereocenters. The van der Waals surface area contributed by atoms with Gasteiger partial charge in [-0.2, -0.15) is 0 Å². The molecule has 3 aromatic heterocycles. The zero-order valence-corrected chi connectivity index (χ0v) is 18.1. The molecule has 1 fully saturated rings. The van der Waals surface area contributed by atoms with Crippen molar-refractivity contribution in [3.63, 3.8) is 0 Å². The van der Waals surface area contributed by atoms with Crippen LogP contribution in [0.25, 0.3) is 10.2 Å². The minimum atomic E-state index is -0.430. The van der Waals surface area contributed by atoms with E-state index in [1.165, 1.54) is 17.7 Å². The molecule has 1 aliphatic rings. The summed E-state index contributed by atoms with van der Waals surface area (Å²) in [6.07, 6.45) is 3.12. The molecular weight excluding hydrogens is 428 g/mol. The number of thiazole rings is 1. The average Bonchev–Trinajstić information content (AvgIpc) is 3.21. The van der Waals surface area contributed by atoms with E-state index < -0.39 is 4.92 Å². The highest BCUT2D eigenvalue weighted by atomic mass is 32.1. The third-order valence-electron chi connectivity index (χ3n) is 5.31. The van der Waals surface area contributed by atoms with Crippen LogP contribution in [0.3, 0.4) is 0 Å². The predicted octanol–water partition coefficient (Wildman–Crippen LogP) is 3.77. The highest BCUT2D eigenvalue weighted by molar-refractivity contribution is 7.22. The summed E-state index contributed by atoms with van der Waals surface area (Å²) in [5, 5.41) is 15.6. The van der Waals surface area contributed by atoms with E-state index in [-0.39, 0.29) is 11.5 Å². The van der Waals surface area contributed by atoms with Gasteiger partial charge in [0.2, 0.25) is 11.6 Å². The molecule has 1 saturated heterocycles. The lowest BCUT2D eigenvalue weighted by atomic mass is 10.2. The number of piperazine rings is 1. The van der Waals surface area contributed by atoms with E-state index in [4.69, 9.17) is 0 Å². The zero-order chi connectivity index (χ0) is 22.1. The summed E-state index contributed by atoms with van der Waals surface area (Å²) in [5.41, 5.74) is 1.83. The van der Waals surface area contributed by atoms with Gasteiger partial charge in [0.15, 0.2) is 5.13 Å². The normalized spacial score (nSPS) is 14.0. The van der Waals surface area contributed by atoms with Gasteiger partial charge in [-0.15, -0.1) is 0 Å². The van der Waals surface area contributed by atoms with E-state index in [0.29, 0.717) is 37.1 Å². The SMILES string of the molecule is Cc1ccc2nc(Nc3ncnc(N4CCN(c5ccccn5)CC4)c3[N+](=O)[O-])sc2c1. The molecule has 0 spiro atoms. The Morgan fingerprint density at radius 1 is 1.06 bits per heavy atom. The molecule has 1 aromatic carbocycles. The number of nitro groups is 1. The number of hydrogen-bond donors (Lipinski definition) is 1. The Morgan fingerprint density at radius 2 is 1.88 bits per heavy atom. The summed E-state index contributed by atoms with van der Waals surface area (Å²) < 4.78 is 1.01. The lowest BCUT2D eigenvalue weighted by molar-refractivity contribution is -0.383. The van der Waals surface area contributed by atoms with Crippen LogP contribution in [0.5, 0.6) is 0 Å². The number of aromatic nitrogens is 4. The minimum absolute atomic E-state index is 0.142. The maximum absolute atomic E-state index is 12.0. The number of aryl methyl sites for hydroxylation is 1. The van der Waals surface area contributed by atoms with Crippen molar-refractivity contribution in [3.05, 3.63) is 64.6 Å². The number of nitrogens with zero attached hydrogens (tertiary/aromatic N) is 7. The van der Waals surface area contributed by atoms with Crippen LogP contribution >= 0.6 is 11.3 Å². The lowest BCUT2D eigenvalue weighted by Crippen LogP contribution is -2.47. The Bertz CT molecular complexity index is 1270. The van der Waals surface area contributed by atoms with Gasteiger partial charge < -0.3 is 15.1 Å². The lowest BCUT2D eigenvalue weighted by Gasteiger charge is -2.35. The number of pyridine rings is 1. The van der Waals surface area contributed by atoms with E-state index in [1.807, 2.05) is 48.2 Å². The number of benzene rings is 1. The largest absolute Gasteiger partial charge is 0.353 e. The van der Waals surface area contributed by atoms with Gasteiger partial charge in [0.1, 0.15) is 12.1 Å². The molecule has 10 nitrogen and oxygen atoms in total. The Hall–Kier alpha value is -3.86. The fraction of sp³-hybridized carbons (Fsp3) is 0.238. The van der Waals surface area contributed by atoms with Crippen molar-refractivity contribution >= 4 is 49.8 Å². The van der Waals surface area contributed by atoms with Crippen LogP contribution in [0.2, 0.25) is 0 Å². The maximum atomic E-state index is 12.0. The Kier molecular flexibility index (Phi) is 5.23. The number of nitrogens with one attached hydrogen (secondary N) is 1. The molecule has 5 rings (SSSR count). The van der Waals surface area contributed by atoms with Gasteiger partial charge in [0, 0.05) is 32.4 Å². The predicted molar refractivity (Wildman–Crippen MR) is 125 cm³/mol. The van der Waals surface area contributed by atoms with E-state index in [1.54, 1.807) is 6.20 Å². The van der Waals surface area contributed by atoms with E-state index in [0.717, 1.165) is 21.6 Å². The fourth-order valence-electron chi connectivity index (χ4n) is 3.74. The highest BCUT2D eigenvalue weighted by Crippen LogP contribution is 2.36. The van der Waals surface area contributed by atoms with Crippen molar-refractivity contribution in [2.45, 2.75) is 6.92 Å². The minimum Gasteiger partial charge on any atom is -0.353 e. The smallest absolute Gasteiger partial charge is 0.353 e. The maximum Gasteiger partial charge on any atom is 0.353 e. The summed E-state index contributed by atoms with van der Waals surface area (Å²) in [4.78, 5) is 33.0. The topological polar surface area (TPSA) is 113 Å². The van der Waals surface area contributed by atoms with Gasteiger partial charge in [-0.25, -0.2) is 19.9 Å². The Labute approximate surface area is 187 Å². The molecule has 0 atom stereocenters. The first-order chi connectivity index (χ1) is 15.6. The molecular formula is C21H20N8O2S. The van der Waals surface area contributed by atoms with Crippen LogP contribution in [0.15, 0.2) is 48.9 Å².